The standard InChI is InChI=1S/C31H59N3O4/c1-3-5-7-9-11-13-15-17-19-21-23-32-29(35)27-25-34(31(37)38)26-28(27)30(36)33-24-22-20-18-16-14-12-10-8-6-4-2/h27-28H,3-26H2,1-2H3,(H,32,35)(H,33,36)(H,37,38)/t27-,28-/m1/s1. The van der Waals surface area contributed by atoms with Crippen molar-refractivity contribution in [3.63, 3.8) is 0 Å². The van der Waals surface area contributed by atoms with Crippen LogP contribution in [0.1, 0.15) is 142 Å². The Morgan fingerprint density at radius 1 is 0.553 bits per heavy atom. The minimum Gasteiger partial charge on any atom is -0.465 e. The number of carbonyl (C=O) groups excluding carboxylic acids is 2. The first-order valence-corrected chi connectivity index (χ1v) is 16.0. The highest BCUT2D eigenvalue weighted by Gasteiger charge is 2.43. The first-order valence-electron chi connectivity index (χ1n) is 16.0. The number of nitrogens with one attached hydrogen (secondary N) is 2. The largest absolute Gasteiger partial charge is 0.465 e. The number of amides is 3. The van der Waals surface area contributed by atoms with Gasteiger partial charge in [-0.25, -0.2) is 4.79 Å². The number of carbonyl (C=O) groups is 3. The third-order valence-electron chi connectivity index (χ3n) is 7.92. The van der Waals surface area contributed by atoms with E-state index < -0.39 is 17.9 Å². The van der Waals surface area contributed by atoms with Gasteiger partial charge < -0.3 is 20.6 Å². The number of unbranched alkanes of at least 4 members (excludes halogenated alkanes) is 18. The molecule has 7 heteroatoms. The lowest BCUT2D eigenvalue weighted by atomic mass is 9.94. The summed E-state index contributed by atoms with van der Waals surface area (Å²) in [6.07, 6.45) is 23.7. The summed E-state index contributed by atoms with van der Waals surface area (Å²) in [5, 5.41) is 15.4. The molecule has 3 N–H and O–H groups in total. The van der Waals surface area contributed by atoms with Crippen molar-refractivity contribution in [2.24, 2.45) is 11.8 Å². The normalized spacial score (nSPS) is 17.1. The molecule has 1 saturated heterocycles. The molecule has 0 bridgehead atoms. The highest BCUT2D eigenvalue weighted by atomic mass is 16.4. The summed E-state index contributed by atoms with van der Waals surface area (Å²) in [6.45, 7) is 5.84. The quantitative estimate of drug-likeness (QED) is 0.113. The van der Waals surface area contributed by atoms with Crippen molar-refractivity contribution in [3.05, 3.63) is 0 Å². The maximum Gasteiger partial charge on any atom is 0.407 e. The van der Waals surface area contributed by atoms with E-state index in [-0.39, 0.29) is 24.9 Å². The van der Waals surface area contributed by atoms with Crippen molar-refractivity contribution in [2.45, 2.75) is 142 Å². The molecule has 0 radical (unpaired) electrons. The van der Waals surface area contributed by atoms with Crippen molar-refractivity contribution < 1.29 is 19.5 Å². The SMILES string of the molecule is CCCCCCCCCCCCNC(=O)[C@@H]1CN(C(=O)O)C[C@H]1C(=O)NCCCCCCCCCCCC. The minimum absolute atomic E-state index is 0.0928. The molecule has 1 rings (SSSR count). The molecule has 7 nitrogen and oxygen atoms in total. The van der Waals surface area contributed by atoms with Crippen LogP contribution in [0.2, 0.25) is 0 Å². The lowest BCUT2D eigenvalue weighted by molar-refractivity contribution is -0.132. The van der Waals surface area contributed by atoms with Gasteiger partial charge in [0.1, 0.15) is 0 Å². The Balaban J connectivity index is 2.21. The van der Waals surface area contributed by atoms with E-state index in [0.717, 1.165) is 25.7 Å². The van der Waals surface area contributed by atoms with Crippen molar-refractivity contribution in [1.29, 1.82) is 0 Å². The maximum absolute atomic E-state index is 12.8. The number of hydrogen-bond acceptors (Lipinski definition) is 3. The second-order valence-electron chi connectivity index (χ2n) is 11.3. The molecule has 1 aliphatic rings. The number of hydrogen-bond donors (Lipinski definition) is 3. The van der Waals surface area contributed by atoms with Gasteiger partial charge in [-0.15, -0.1) is 0 Å². The van der Waals surface area contributed by atoms with Crippen molar-refractivity contribution in [3.8, 4) is 0 Å². The molecule has 0 aromatic carbocycles. The molecule has 1 fully saturated rings. The Morgan fingerprint density at radius 3 is 1.13 bits per heavy atom. The Kier molecular flexibility index (Phi) is 20.8. The van der Waals surface area contributed by atoms with Crippen LogP contribution in [0.5, 0.6) is 0 Å². The van der Waals surface area contributed by atoms with Crippen LogP contribution in [0.25, 0.3) is 0 Å². The highest BCUT2D eigenvalue weighted by Crippen LogP contribution is 2.24. The predicted octanol–water partition coefficient (Wildman–Crippen LogP) is 7.29. The molecule has 3 amide bonds. The van der Waals surface area contributed by atoms with Gasteiger partial charge in [-0.2, -0.15) is 0 Å². The molecule has 0 aromatic rings. The fourth-order valence-electron chi connectivity index (χ4n) is 5.40. The van der Waals surface area contributed by atoms with Crippen LogP contribution >= 0.6 is 0 Å². The van der Waals surface area contributed by atoms with Gasteiger partial charge in [0.15, 0.2) is 0 Å². The smallest absolute Gasteiger partial charge is 0.407 e. The second kappa shape index (κ2) is 23.1. The molecule has 0 spiro atoms. The summed E-state index contributed by atoms with van der Waals surface area (Å²) in [7, 11) is 0. The molecule has 0 unspecified atom stereocenters. The van der Waals surface area contributed by atoms with Gasteiger partial charge in [0.25, 0.3) is 0 Å². The van der Waals surface area contributed by atoms with Crippen LogP contribution in [-0.4, -0.2) is 54.1 Å². The van der Waals surface area contributed by atoms with E-state index >= 15 is 0 Å². The average molecular weight is 538 g/mol. The van der Waals surface area contributed by atoms with E-state index in [1.54, 1.807) is 0 Å². The number of likely N-dealkylation sites (tertiary alicyclic amines) is 1. The Morgan fingerprint density at radius 2 is 0.842 bits per heavy atom. The molecule has 0 aliphatic carbocycles. The summed E-state index contributed by atoms with van der Waals surface area (Å²) >= 11 is 0. The third kappa shape index (κ3) is 16.2. The average Bonchev–Trinajstić information content (AvgIpc) is 3.36. The second-order valence-corrected chi connectivity index (χ2v) is 11.3. The van der Waals surface area contributed by atoms with Gasteiger partial charge in [-0.3, -0.25) is 9.59 Å². The maximum atomic E-state index is 12.8. The summed E-state index contributed by atoms with van der Waals surface area (Å²) < 4.78 is 0. The molecular formula is C31H59N3O4. The Hall–Kier alpha value is -1.79. The van der Waals surface area contributed by atoms with Crippen LogP contribution in [0, 0.1) is 11.8 Å². The van der Waals surface area contributed by atoms with Crippen LogP contribution in [0.4, 0.5) is 4.79 Å². The van der Waals surface area contributed by atoms with E-state index in [9.17, 15) is 19.5 Å². The number of carboxylic acid groups (broad SMARTS) is 1. The van der Waals surface area contributed by atoms with Gasteiger partial charge in [-0.1, -0.05) is 129 Å². The summed E-state index contributed by atoms with van der Waals surface area (Å²) in [5.41, 5.74) is 0. The molecule has 0 saturated carbocycles. The zero-order chi connectivity index (χ0) is 27.8. The van der Waals surface area contributed by atoms with Crippen molar-refractivity contribution in [1.82, 2.24) is 15.5 Å². The van der Waals surface area contributed by atoms with Crippen LogP contribution in [-0.2, 0) is 9.59 Å². The topological polar surface area (TPSA) is 98.7 Å². The molecule has 1 aliphatic heterocycles. The van der Waals surface area contributed by atoms with E-state index in [4.69, 9.17) is 0 Å². The van der Waals surface area contributed by atoms with Crippen LogP contribution in [0.15, 0.2) is 0 Å². The first kappa shape index (κ1) is 34.2. The fraction of sp³-hybridized carbons (Fsp3) is 0.903. The van der Waals surface area contributed by atoms with Gasteiger partial charge in [0.2, 0.25) is 11.8 Å². The summed E-state index contributed by atoms with van der Waals surface area (Å²) in [4.78, 5) is 38.4. The van der Waals surface area contributed by atoms with Gasteiger partial charge in [0.05, 0.1) is 11.8 Å². The lowest BCUT2D eigenvalue weighted by Gasteiger charge is -2.17. The van der Waals surface area contributed by atoms with Crippen molar-refractivity contribution in [2.75, 3.05) is 26.2 Å². The Labute approximate surface area is 233 Å². The first-order chi connectivity index (χ1) is 18.5. The zero-order valence-electron chi connectivity index (χ0n) is 24.7. The lowest BCUT2D eigenvalue weighted by Crippen LogP contribution is -2.42. The van der Waals surface area contributed by atoms with Gasteiger partial charge >= 0.3 is 6.09 Å². The van der Waals surface area contributed by atoms with Crippen LogP contribution in [0.3, 0.4) is 0 Å². The van der Waals surface area contributed by atoms with E-state index in [1.165, 1.54) is 108 Å². The number of rotatable bonds is 24. The van der Waals surface area contributed by atoms with E-state index in [2.05, 4.69) is 24.5 Å². The molecule has 0 aromatic heterocycles. The summed E-state index contributed by atoms with van der Waals surface area (Å²) in [5.74, 6) is -1.60. The molecule has 222 valence electrons. The Bertz CT molecular complexity index is 582. The fourth-order valence-corrected chi connectivity index (χ4v) is 5.40. The monoisotopic (exact) mass is 537 g/mol. The molecule has 1 heterocycles. The van der Waals surface area contributed by atoms with E-state index in [1.807, 2.05) is 0 Å². The number of nitrogens with zero attached hydrogens (tertiary/aromatic N) is 1. The third-order valence-corrected chi connectivity index (χ3v) is 7.92. The summed E-state index contributed by atoms with van der Waals surface area (Å²) in [6, 6.07) is 0. The predicted molar refractivity (Wildman–Crippen MR) is 156 cm³/mol. The van der Waals surface area contributed by atoms with Crippen LogP contribution < -0.4 is 10.6 Å². The zero-order valence-corrected chi connectivity index (χ0v) is 24.7. The van der Waals surface area contributed by atoms with Gasteiger partial charge in [0, 0.05) is 26.2 Å². The van der Waals surface area contributed by atoms with Gasteiger partial charge in [-0.05, 0) is 12.8 Å². The molecule has 38 heavy (non-hydrogen) atoms. The highest BCUT2D eigenvalue weighted by molar-refractivity contribution is 5.89. The van der Waals surface area contributed by atoms with E-state index in [0.29, 0.717) is 13.1 Å². The molecular weight excluding hydrogens is 478 g/mol. The minimum atomic E-state index is -1.07. The van der Waals surface area contributed by atoms with Crippen molar-refractivity contribution >= 4 is 17.9 Å². The molecule has 2 atom stereocenters.